The Hall–Kier alpha value is -1.55. The number of nitrogens with one attached hydrogen (secondary N) is 1. The standard InChI is InChI=1S/C16H17BrFNO/c1-10-7-15(18)14(17)9-16(10)19-11(2)12-5-4-6-13(8-12)20-3/h4-9,11,19H,1-3H3. The summed E-state index contributed by atoms with van der Waals surface area (Å²) in [6.07, 6.45) is 0. The summed E-state index contributed by atoms with van der Waals surface area (Å²) in [5, 5.41) is 3.39. The van der Waals surface area contributed by atoms with Crippen molar-refractivity contribution >= 4 is 21.6 Å². The van der Waals surface area contributed by atoms with Crippen LogP contribution in [0.4, 0.5) is 10.1 Å². The first-order valence-electron chi connectivity index (χ1n) is 6.37. The van der Waals surface area contributed by atoms with Crippen LogP contribution in [0.15, 0.2) is 40.9 Å². The maximum Gasteiger partial charge on any atom is 0.137 e. The summed E-state index contributed by atoms with van der Waals surface area (Å²) in [7, 11) is 1.65. The molecule has 2 aromatic carbocycles. The van der Waals surface area contributed by atoms with Gasteiger partial charge in [-0.3, -0.25) is 0 Å². The number of rotatable bonds is 4. The van der Waals surface area contributed by atoms with Crippen LogP contribution in [0.5, 0.6) is 5.75 Å². The molecular weight excluding hydrogens is 321 g/mol. The van der Waals surface area contributed by atoms with E-state index in [1.54, 1.807) is 13.2 Å². The SMILES string of the molecule is COc1cccc(C(C)Nc2cc(Br)c(F)cc2C)c1. The molecule has 0 aliphatic heterocycles. The second-order valence-corrected chi connectivity index (χ2v) is 5.58. The maximum absolute atomic E-state index is 13.4. The zero-order valence-electron chi connectivity index (χ0n) is 11.7. The van der Waals surface area contributed by atoms with Gasteiger partial charge in [0.25, 0.3) is 0 Å². The highest BCUT2D eigenvalue weighted by Crippen LogP contribution is 2.28. The minimum atomic E-state index is -0.248. The van der Waals surface area contributed by atoms with Crippen molar-refractivity contribution in [3.05, 3.63) is 57.8 Å². The summed E-state index contributed by atoms with van der Waals surface area (Å²) in [5.74, 6) is 0.579. The van der Waals surface area contributed by atoms with E-state index in [1.165, 1.54) is 6.07 Å². The van der Waals surface area contributed by atoms with Crippen molar-refractivity contribution in [1.29, 1.82) is 0 Å². The normalized spacial score (nSPS) is 12.1. The van der Waals surface area contributed by atoms with Gasteiger partial charge in [0.1, 0.15) is 11.6 Å². The van der Waals surface area contributed by atoms with E-state index in [-0.39, 0.29) is 11.9 Å². The fraction of sp³-hybridized carbons (Fsp3) is 0.250. The quantitative estimate of drug-likeness (QED) is 0.840. The Morgan fingerprint density at radius 2 is 2.00 bits per heavy atom. The van der Waals surface area contributed by atoms with Gasteiger partial charge in [-0.05, 0) is 65.2 Å². The molecule has 2 rings (SSSR count). The largest absolute Gasteiger partial charge is 0.497 e. The fourth-order valence-corrected chi connectivity index (χ4v) is 2.37. The predicted molar refractivity (Wildman–Crippen MR) is 83.9 cm³/mol. The van der Waals surface area contributed by atoms with E-state index in [0.717, 1.165) is 22.6 Å². The minimum absolute atomic E-state index is 0.0983. The van der Waals surface area contributed by atoms with E-state index in [0.29, 0.717) is 4.47 Å². The van der Waals surface area contributed by atoms with Gasteiger partial charge in [0.15, 0.2) is 0 Å². The first kappa shape index (κ1) is 14.9. The highest BCUT2D eigenvalue weighted by molar-refractivity contribution is 9.10. The number of hydrogen-bond donors (Lipinski definition) is 1. The average Bonchev–Trinajstić information content (AvgIpc) is 2.44. The van der Waals surface area contributed by atoms with E-state index in [1.807, 2.05) is 31.2 Å². The lowest BCUT2D eigenvalue weighted by atomic mass is 10.1. The zero-order valence-corrected chi connectivity index (χ0v) is 13.3. The molecule has 4 heteroatoms. The van der Waals surface area contributed by atoms with Crippen molar-refractivity contribution in [2.45, 2.75) is 19.9 Å². The summed E-state index contributed by atoms with van der Waals surface area (Å²) in [6, 6.07) is 11.3. The molecule has 0 heterocycles. The number of methoxy groups -OCH3 is 1. The van der Waals surface area contributed by atoms with Crippen molar-refractivity contribution < 1.29 is 9.13 Å². The molecule has 0 bridgehead atoms. The highest BCUT2D eigenvalue weighted by Gasteiger charge is 2.10. The fourth-order valence-electron chi connectivity index (χ4n) is 2.03. The Morgan fingerprint density at radius 1 is 1.25 bits per heavy atom. The van der Waals surface area contributed by atoms with Gasteiger partial charge in [-0.1, -0.05) is 12.1 Å². The summed E-state index contributed by atoms with van der Waals surface area (Å²) < 4.78 is 19.1. The smallest absolute Gasteiger partial charge is 0.137 e. The van der Waals surface area contributed by atoms with Gasteiger partial charge in [-0.2, -0.15) is 0 Å². The van der Waals surface area contributed by atoms with Crippen molar-refractivity contribution in [3.63, 3.8) is 0 Å². The number of halogens is 2. The zero-order chi connectivity index (χ0) is 14.7. The molecule has 0 aliphatic carbocycles. The molecule has 20 heavy (non-hydrogen) atoms. The highest BCUT2D eigenvalue weighted by atomic mass is 79.9. The number of anilines is 1. The Labute approximate surface area is 127 Å². The summed E-state index contributed by atoms with van der Waals surface area (Å²) in [4.78, 5) is 0. The number of hydrogen-bond acceptors (Lipinski definition) is 2. The number of aryl methyl sites for hydroxylation is 1. The van der Waals surface area contributed by atoms with Crippen LogP contribution in [-0.4, -0.2) is 7.11 Å². The second-order valence-electron chi connectivity index (χ2n) is 4.72. The van der Waals surface area contributed by atoms with Crippen LogP contribution in [0, 0.1) is 12.7 Å². The van der Waals surface area contributed by atoms with Crippen molar-refractivity contribution in [2.75, 3.05) is 12.4 Å². The topological polar surface area (TPSA) is 21.3 Å². The second kappa shape index (κ2) is 6.27. The molecule has 106 valence electrons. The number of benzene rings is 2. The van der Waals surface area contributed by atoms with Gasteiger partial charge < -0.3 is 10.1 Å². The van der Waals surface area contributed by atoms with Gasteiger partial charge in [-0.15, -0.1) is 0 Å². The molecule has 0 fully saturated rings. The molecule has 0 spiro atoms. The molecule has 1 atom stereocenters. The van der Waals surface area contributed by atoms with Gasteiger partial charge in [0, 0.05) is 11.7 Å². The van der Waals surface area contributed by atoms with Gasteiger partial charge in [0.05, 0.1) is 11.6 Å². The average molecular weight is 338 g/mol. The van der Waals surface area contributed by atoms with E-state index < -0.39 is 0 Å². The van der Waals surface area contributed by atoms with Gasteiger partial charge >= 0.3 is 0 Å². The molecule has 2 nitrogen and oxygen atoms in total. The number of ether oxygens (including phenoxy) is 1. The molecule has 0 saturated carbocycles. The van der Waals surface area contributed by atoms with E-state index >= 15 is 0 Å². The lowest BCUT2D eigenvalue weighted by molar-refractivity contribution is 0.414. The third-order valence-electron chi connectivity index (χ3n) is 3.23. The molecule has 0 amide bonds. The van der Waals surface area contributed by atoms with Crippen LogP contribution in [0.1, 0.15) is 24.1 Å². The predicted octanol–water partition coefficient (Wildman–Crippen LogP) is 5.08. The first-order valence-corrected chi connectivity index (χ1v) is 7.16. The molecule has 1 unspecified atom stereocenters. The van der Waals surface area contributed by atoms with E-state index in [2.05, 4.69) is 28.2 Å². The third-order valence-corrected chi connectivity index (χ3v) is 3.84. The van der Waals surface area contributed by atoms with Crippen LogP contribution in [0.3, 0.4) is 0 Å². The molecule has 1 N–H and O–H groups in total. The Morgan fingerprint density at radius 3 is 2.70 bits per heavy atom. The molecule has 0 aromatic heterocycles. The van der Waals surface area contributed by atoms with Gasteiger partial charge in [-0.25, -0.2) is 4.39 Å². The molecule has 0 radical (unpaired) electrons. The lowest BCUT2D eigenvalue weighted by Crippen LogP contribution is -2.08. The van der Waals surface area contributed by atoms with Crippen LogP contribution in [-0.2, 0) is 0 Å². The van der Waals surface area contributed by atoms with Crippen LogP contribution in [0.2, 0.25) is 0 Å². The van der Waals surface area contributed by atoms with Crippen molar-refractivity contribution in [3.8, 4) is 5.75 Å². The Balaban J connectivity index is 2.23. The third kappa shape index (κ3) is 3.31. The summed E-state index contributed by atoms with van der Waals surface area (Å²) >= 11 is 3.21. The van der Waals surface area contributed by atoms with Crippen LogP contribution in [0.25, 0.3) is 0 Å². The van der Waals surface area contributed by atoms with Crippen LogP contribution < -0.4 is 10.1 Å². The van der Waals surface area contributed by atoms with Crippen LogP contribution >= 0.6 is 15.9 Å². The first-order chi connectivity index (χ1) is 9.51. The van der Waals surface area contributed by atoms with E-state index in [9.17, 15) is 4.39 Å². The molecule has 0 saturated heterocycles. The van der Waals surface area contributed by atoms with E-state index in [4.69, 9.17) is 4.74 Å². The van der Waals surface area contributed by atoms with Gasteiger partial charge in [0.2, 0.25) is 0 Å². The molecule has 2 aromatic rings. The summed E-state index contributed by atoms with van der Waals surface area (Å²) in [6.45, 7) is 3.95. The monoisotopic (exact) mass is 337 g/mol. The van der Waals surface area contributed by atoms with Crippen molar-refractivity contribution in [2.24, 2.45) is 0 Å². The lowest BCUT2D eigenvalue weighted by Gasteiger charge is -2.18. The maximum atomic E-state index is 13.4. The minimum Gasteiger partial charge on any atom is -0.497 e. The summed E-state index contributed by atoms with van der Waals surface area (Å²) in [5.41, 5.74) is 2.90. The Bertz CT molecular complexity index is 615. The molecule has 0 aliphatic rings. The Kier molecular flexibility index (Phi) is 4.65. The van der Waals surface area contributed by atoms with Crippen molar-refractivity contribution in [1.82, 2.24) is 0 Å². The molecular formula is C16H17BrFNO.